The van der Waals surface area contributed by atoms with Crippen LogP contribution >= 0.6 is 11.6 Å². The van der Waals surface area contributed by atoms with E-state index in [-0.39, 0.29) is 12.0 Å². The molecule has 0 aromatic heterocycles. The van der Waals surface area contributed by atoms with Gasteiger partial charge in [0.05, 0.1) is 17.2 Å². The van der Waals surface area contributed by atoms with E-state index in [1.54, 1.807) is 18.2 Å². The summed E-state index contributed by atoms with van der Waals surface area (Å²) in [5.41, 5.74) is 6.18. The molecule has 0 heterocycles. The average Bonchev–Trinajstić information content (AvgIpc) is 2.42. The van der Waals surface area contributed by atoms with E-state index in [1.807, 2.05) is 0 Å². The first-order chi connectivity index (χ1) is 8.98. The molecular formula is C14H21ClN2O2. The van der Waals surface area contributed by atoms with E-state index in [9.17, 15) is 9.90 Å². The van der Waals surface area contributed by atoms with Crippen LogP contribution in [0.4, 0.5) is 5.69 Å². The van der Waals surface area contributed by atoms with Crippen LogP contribution in [0, 0.1) is 5.41 Å². The van der Waals surface area contributed by atoms with Crippen LogP contribution in [0.2, 0.25) is 5.02 Å². The van der Waals surface area contributed by atoms with Gasteiger partial charge in [-0.25, -0.2) is 0 Å². The molecule has 0 saturated carbocycles. The van der Waals surface area contributed by atoms with Crippen molar-refractivity contribution < 1.29 is 9.90 Å². The van der Waals surface area contributed by atoms with Crippen LogP contribution < -0.4 is 11.1 Å². The summed E-state index contributed by atoms with van der Waals surface area (Å²) in [5, 5.41) is 13.1. The van der Waals surface area contributed by atoms with Crippen molar-refractivity contribution in [3.8, 4) is 0 Å². The summed E-state index contributed by atoms with van der Waals surface area (Å²) >= 11 is 5.89. The number of aliphatic hydroxyl groups excluding tert-OH is 1. The zero-order valence-electron chi connectivity index (χ0n) is 11.4. The minimum absolute atomic E-state index is 0.128. The first-order valence-electron chi connectivity index (χ1n) is 6.42. The zero-order valence-corrected chi connectivity index (χ0v) is 12.1. The highest BCUT2D eigenvalue weighted by Crippen LogP contribution is 2.27. The Morgan fingerprint density at radius 1 is 1.42 bits per heavy atom. The van der Waals surface area contributed by atoms with Crippen molar-refractivity contribution >= 4 is 23.2 Å². The van der Waals surface area contributed by atoms with Gasteiger partial charge in [0.2, 0.25) is 5.91 Å². The molecule has 0 aliphatic carbocycles. The molecule has 1 aromatic carbocycles. The van der Waals surface area contributed by atoms with Crippen LogP contribution in [0.5, 0.6) is 0 Å². The Labute approximate surface area is 118 Å². The molecule has 4 nitrogen and oxygen atoms in total. The highest BCUT2D eigenvalue weighted by Gasteiger charge is 2.24. The number of rotatable bonds is 7. The molecule has 19 heavy (non-hydrogen) atoms. The van der Waals surface area contributed by atoms with Crippen molar-refractivity contribution in [2.24, 2.45) is 11.1 Å². The minimum Gasteiger partial charge on any atom is -0.396 e. The second kappa shape index (κ2) is 6.78. The van der Waals surface area contributed by atoms with Gasteiger partial charge < -0.3 is 16.2 Å². The fourth-order valence-electron chi connectivity index (χ4n) is 1.89. The molecule has 0 fully saturated rings. The first-order valence-corrected chi connectivity index (χ1v) is 6.80. The van der Waals surface area contributed by atoms with Crippen molar-refractivity contribution in [2.45, 2.75) is 26.7 Å². The largest absolute Gasteiger partial charge is 0.396 e. The lowest BCUT2D eigenvalue weighted by Gasteiger charge is -2.30. The molecule has 0 saturated heterocycles. The number of amides is 1. The smallest absolute Gasteiger partial charge is 0.250 e. The highest BCUT2D eigenvalue weighted by molar-refractivity contribution is 6.33. The van der Waals surface area contributed by atoms with Crippen molar-refractivity contribution in [3.05, 3.63) is 28.8 Å². The Balaban J connectivity index is 2.83. The predicted molar refractivity (Wildman–Crippen MR) is 78.6 cm³/mol. The van der Waals surface area contributed by atoms with Crippen molar-refractivity contribution in [3.63, 3.8) is 0 Å². The van der Waals surface area contributed by atoms with Crippen molar-refractivity contribution in [2.75, 3.05) is 18.5 Å². The van der Waals surface area contributed by atoms with Crippen LogP contribution in [0.1, 0.15) is 37.0 Å². The number of anilines is 1. The number of carbonyl (C=O) groups is 1. The van der Waals surface area contributed by atoms with E-state index in [2.05, 4.69) is 19.2 Å². The molecule has 0 bridgehead atoms. The first kappa shape index (κ1) is 15.8. The third-order valence-corrected chi connectivity index (χ3v) is 4.06. The predicted octanol–water partition coefficient (Wildman–Crippen LogP) is 2.65. The van der Waals surface area contributed by atoms with Gasteiger partial charge >= 0.3 is 0 Å². The second-order valence-electron chi connectivity index (χ2n) is 4.78. The van der Waals surface area contributed by atoms with E-state index >= 15 is 0 Å². The van der Waals surface area contributed by atoms with Gasteiger partial charge in [-0.2, -0.15) is 0 Å². The molecular weight excluding hydrogens is 264 g/mol. The lowest BCUT2D eigenvalue weighted by molar-refractivity contribution is 0.100. The fourth-order valence-corrected chi connectivity index (χ4v) is 2.10. The number of hydrogen-bond donors (Lipinski definition) is 3. The number of hydrogen-bond acceptors (Lipinski definition) is 3. The van der Waals surface area contributed by atoms with Crippen LogP contribution in [-0.4, -0.2) is 24.2 Å². The van der Waals surface area contributed by atoms with Crippen molar-refractivity contribution in [1.29, 1.82) is 0 Å². The molecule has 5 heteroatoms. The molecule has 0 aliphatic heterocycles. The van der Waals surface area contributed by atoms with Gasteiger partial charge in [0.15, 0.2) is 0 Å². The van der Waals surface area contributed by atoms with Crippen LogP contribution in [-0.2, 0) is 0 Å². The Morgan fingerprint density at radius 2 is 2.05 bits per heavy atom. The molecule has 0 unspecified atom stereocenters. The summed E-state index contributed by atoms with van der Waals surface area (Å²) in [7, 11) is 0. The maximum atomic E-state index is 11.2. The van der Waals surface area contributed by atoms with Gasteiger partial charge in [0.25, 0.3) is 0 Å². The summed E-state index contributed by atoms with van der Waals surface area (Å²) < 4.78 is 0. The molecule has 1 rings (SSSR count). The van der Waals surface area contributed by atoms with E-state index in [0.29, 0.717) is 17.1 Å². The standard InChI is InChI=1S/C14H21ClN2O2/c1-3-14(4-2,9-18)8-17-10-5-6-12(15)11(7-10)13(16)19/h5-7,17-18H,3-4,8-9H2,1-2H3,(H2,16,19). The van der Waals surface area contributed by atoms with E-state index in [4.69, 9.17) is 17.3 Å². The fraction of sp³-hybridized carbons (Fsp3) is 0.500. The van der Waals surface area contributed by atoms with E-state index in [0.717, 1.165) is 18.5 Å². The molecule has 4 N–H and O–H groups in total. The number of carbonyl (C=O) groups excluding carboxylic acids is 1. The summed E-state index contributed by atoms with van der Waals surface area (Å²) in [6, 6.07) is 5.07. The average molecular weight is 285 g/mol. The summed E-state index contributed by atoms with van der Waals surface area (Å²) in [4.78, 5) is 11.2. The SMILES string of the molecule is CCC(CC)(CO)CNc1ccc(Cl)c(C(N)=O)c1. The number of halogens is 1. The van der Waals surface area contributed by atoms with E-state index < -0.39 is 5.91 Å². The molecule has 0 spiro atoms. The van der Waals surface area contributed by atoms with Gasteiger partial charge in [-0.1, -0.05) is 25.4 Å². The molecule has 1 aromatic rings. The quantitative estimate of drug-likeness (QED) is 0.720. The lowest BCUT2D eigenvalue weighted by Crippen LogP contribution is -2.32. The Kier molecular flexibility index (Phi) is 5.63. The molecule has 0 atom stereocenters. The topological polar surface area (TPSA) is 75.3 Å². The van der Waals surface area contributed by atoms with Gasteiger partial charge in [-0.15, -0.1) is 0 Å². The third kappa shape index (κ3) is 3.85. The maximum Gasteiger partial charge on any atom is 0.250 e. The minimum atomic E-state index is -0.548. The van der Waals surface area contributed by atoms with Crippen LogP contribution in [0.25, 0.3) is 0 Å². The van der Waals surface area contributed by atoms with Gasteiger partial charge in [0, 0.05) is 17.6 Å². The molecule has 106 valence electrons. The summed E-state index contributed by atoms with van der Waals surface area (Å²) in [6.07, 6.45) is 1.76. The third-order valence-electron chi connectivity index (χ3n) is 3.73. The number of nitrogens with one attached hydrogen (secondary N) is 1. The number of benzene rings is 1. The summed E-state index contributed by atoms with van der Waals surface area (Å²) in [6.45, 7) is 4.87. The Bertz CT molecular complexity index is 437. The highest BCUT2D eigenvalue weighted by atomic mass is 35.5. The van der Waals surface area contributed by atoms with Crippen LogP contribution in [0.15, 0.2) is 18.2 Å². The number of primary amides is 1. The van der Waals surface area contributed by atoms with Gasteiger partial charge in [0.1, 0.15) is 0 Å². The Morgan fingerprint density at radius 3 is 2.53 bits per heavy atom. The maximum absolute atomic E-state index is 11.2. The molecule has 0 aliphatic rings. The van der Waals surface area contributed by atoms with Gasteiger partial charge in [-0.05, 0) is 31.0 Å². The second-order valence-corrected chi connectivity index (χ2v) is 5.18. The number of nitrogens with two attached hydrogens (primary N) is 1. The Hall–Kier alpha value is -1.26. The van der Waals surface area contributed by atoms with Gasteiger partial charge in [-0.3, -0.25) is 4.79 Å². The van der Waals surface area contributed by atoms with Crippen LogP contribution in [0.3, 0.4) is 0 Å². The monoisotopic (exact) mass is 284 g/mol. The summed E-state index contributed by atoms with van der Waals surface area (Å²) in [5.74, 6) is -0.548. The molecule has 1 amide bonds. The normalized spacial score (nSPS) is 11.4. The zero-order chi connectivity index (χ0) is 14.5. The lowest BCUT2D eigenvalue weighted by atomic mass is 9.83. The van der Waals surface area contributed by atoms with E-state index in [1.165, 1.54) is 0 Å². The van der Waals surface area contributed by atoms with Crippen molar-refractivity contribution in [1.82, 2.24) is 0 Å². The number of aliphatic hydroxyl groups is 1. The molecule has 0 radical (unpaired) electrons.